The van der Waals surface area contributed by atoms with E-state index in [1.807, 2.05) is 5.38 Å². The fourth-order valence-electron chi connectivity index (χ4n) is 3.60. The predicted octanol–water partition coefficient (Wildman–Crippen LogP) is 2.26. The number of carbonyl (C=O) groups excluding carboxylic acids is 1. The van der Waals surface area contributed by atoms with Gasteiger partial charge in [0.1, 0.15) is 6.61 Å². The van der Waals surface area contributed by atoms with E-state index in [0.29, 0.717) is 11.5 Å². The molecule has 2 fully saturated rings. The van der Waals surface area contributed by atoms with E-state index >= 15 is 0 Å². The van der Waals surface area contributed by atoms with Gasteiger partial charge < -0.3 is 10.4 Å². The Bertz CT molecular complexity index is 554. The van der Waals surface area contributed by atoms with Crippen molar-refractivity contribution in [3.8, 4) is 11.8 Å². The minimum Gasteiger partial charge on any atom is -0.384 e. The van der Waals surface area contributed by atoms with Crippen molar-refractivity contribution >= 4 is 17.2 Å². The predicted molar refractivity (Wildman–Crippen MR) is 79.6 cm³/mol. The summed E-state index contributed by atoms with van der Waals surface area (Å²) in [6.45, 7) is 0.664. The first-order valence-corrected chi connectivity index (χ1v) is 8.10. The van der Waals surface area contributed by atoms with Crippen molar-refractivity contribution in [3.63, 3.8) is 0 Å². The molecular weight excluding hydrogens is 270 g/mol. The molecule has 1 aromatic heterocycles. The first-order valence-electron chi connectivity index (χ1n) is 7.22. The van der Waals surface area contributed by atoms with Gasteiger partial charge in [-0.05, 0) is 43.1 Å². The van der Waals surface area contributed by atoms with Crippen LogP contribution in [0.2, 0.25) is 0 Å². The van der Waals surface area contributed by atoms with Crippen molar-refractivity contribution in [2.75, 3.05) is 13.2 Å². The van der Waals surface area contributed by atoms with Crippen LogP contribution in [0.4, 0.5) is 0 Å². The van der Waals surface area contributed by atoms with E-state index in [2.05, 4.69) is 17.2 Å². The maximum absolute atomic E-state index is 12.1. The number of thiophene rings is 1. The summed E-state index contributed by atoms with van der Waals surface area (Å²) in [5.74, 6) is 7.87. The summed E-state index contributed by atoms with van der Waals surface area (Å²) in [5, 5.41) is 13.5. The average Bonchev–Trinajstić information content (AvgIpc) is 3.18. The third-order valence-electron chi connectivity index (χ3n) is 4.56. The van der Waals surface area contributed by atoms with Crippen molar-refractivity contribution in [3.05, 3.63) is 21.9 Å². The number of fused-ring (bicyclic) bond motifs is 2. The van der Waals surface area contributed by atoms with E-state index in [4.69, 9.17) is 5.11 Å². The van der Waals surface area contributed by atoms with Gasteiger partial charge in [0.25, 0.3) is 5.91 Å². The monoisotopic (exact) mass is 289 g/mol. The van der Waals surface area contributed by atoms with Crippen molar-refractivity contribution in [1.82, 2.24) is 5.32 Å². The third kappa shape index (κ3) is 2.89. The largest absolute Gasteiger partial charge is 0.384 e. The van der Waals surface area contributed by atoms with E-state index in [1.54, 1.807) is 6.07 Å². The molecule has 106 valence electrons. The van der Waals surface area contributed by atoms with Crippen LogP contribution < -0.4 is 5.32 Å². The van der Waals surface area contributed by atoms with Crippen LogP contribution in [0.5, 0.6) is 0 Å². The van der Waals surface area contributed by atoms with Crippen LogP contribution in [0.15, 0.2) is 11.4 Å². The van der Waals surface area contributed by atoms with E-state index in [1.165, 1.54) is 37.0 Å². The Balaban J connectivity index is 1.53. The molecule has 1 aromatic rings. The number of amides is 1. The number of rotatable bonds is 3. The molecule has 20 heavy (non-hydrogen) atoms. The summed E-state index contributed by atoms with van der Waals surface area (Å²) >= 11 is 1.44. The highest BCUT2D eigenvalue weighted by atomic mass is 32.1. The van der Waals surface area contributed by atoms with Crippen LogP contribution in [0, 0.1) is 29.6 Å². The fraction of sp³-hybridized carbons (Fsp3) is 0.562. The second-order valence-electron chi connectivity index (χ2n) is 5.80. The first-order chi connectivity index (χ1) is 9.76. The highest BCUT2D eigenvalue weighted by molar-refractivity contribution is 7.10. The lowest BCUT2D eigenvalue weighted by Crippen LogP contribution is -2.31. The lowest BCUT2D eigenvalue weighted by molar-refractivity contribution is 0.0942. The molecule has 1 amide bonds. The van der Waals surface area contributed by atoms with E-state index in [-0.39, 0.29) is 12.5 Å². The molecule has 2 aliphatic rings. The van der Waals surface area contributed by atoms with Crippen molar-refractivity contribution < 1.29 is 9.90 Å². The molecule has 0 saturated heterocycles. The Morgan fingerprint density at radius 3 is 3.05 bits per heavy atom. The summed E-state index contributed by atoms with van der Waals surface area (Å²) < 4.78 is 0. The van der Waals surface area contributed by atoms with Gasteiger partial charge in [0.2, 0.25) is 0 Å². The maximum atomic E-state index is 12.1. The molecule has 0 spiro atoms. The van der Waals surface area contributed by atoms with E-state index < -0.39 is 0 Å². The standard InChI is InChI=1S/C16H19NO2S/c18-5-1-2-15-8-14(10-20-15)16(19)17-9-13-7-11-3-4-12(13)6-11/h8,10-13,18H,3-7,9H2,(H,17,19). The van der Waals surface area contributed by atoms with E-state index in [9.17, 15) is 4.79 Å². The Labute approximate surface area is 123 Å². The fourth-order valence-corrected chi connectivity index (χ4v) is 4.35. The van der Waals surface area contributed by atoms with Gasteiger partial charge in [-0.15, -0.1) is 11.3 Å². The Hall–Kier alpha value is -1.31. The van der Waals surface area contributed by atoms with Gasteiger partial charge in [-0.25, -0.2) is 0 Å². The second kappa shape index (κ2) is 5.99. The van der Waals surface area contributed by atoms with Crippen molar-refractivity contribution in [2.45, 2.75) is 25.7 Å². The summed E-state index contributed by atoms with van der Waals surface area (Å²) in [4.78, 5) is 12.9. The van der Waals surface area contributed by atoms with Gasteiger partial charge in [-0.1, -0.05) is 18.3 Å². The zero-order valence-corrected chi connectivity index (χ0v) is 12.2. The minimum absolute atomic E-state index is 0.000993. The molecule has 0 aromatic carbocycles. The molecule has 0 aliphatic heterocycles. The molecule has 3 unspecified atom stereocenters. The van der Waals surface area contributed by atoms with E-state index in [0.717, 1.165) is 23.3 Å². The summed E-state index contributed by atoms with van der Waals surface area (Å²) in [7, 11) is 0. The summed E-state index contributed by atoms with van der Waals surface area (Å²) in [5.41, 5.74) is 0.681. The zero-order valence-electron chi connectivity index (χ0n) is 11.4. The lowest BCUT2D eigenvalue weighted by atomic mass is 9.89. The Morgan fingerprint density at radius 2 is 2.35 bits per heavy atom. The van der Waals surface area contributed by atoms with Gasteiger partial charge in [0, 0.05) is 11.9 Å². The number of aliphatic hydroxyl groups is 1. The van der Waals surface area contributed by atoms with Gasteiger partial charge in [0.15, 0.2) is 0 Å². The molecule has 2 aliphatic carbocycles. The SMILES string of the molecule is O=C(NCC1CC2CCC1C2)c1csc(C#CCO)c1. The number of nitrogens with one attached hydrogen (secondary N) is 1. The second-order valence-corrected chi connectivity index (χ2v) is 6.72. The number of hydrogen-bond donors (Lipinski definition) is 2. The van der Waals surface area contributed by atoms with Crippen LogP contribution >= 0.6 is 11.3 Å². The molecular formula is C16H19NO2S. The van der Waals surface area contributed by atoms with Crippen LogP contribution in [0.3, 0.4) is 0 Å². The maximum Gasteiger partial charge on any atom is 0.252 e. The smallest absolute Gasteiger partial charge is 0.252 e. The average molecular weight is 289 g/mol. The Kier molecular flexibility index (Phi) is 4.09. The molecule has 2 bridgehead atoms. The van der Waals surface area contributed by atoms with Crippen LogP contribution in [0.25, 0.3) is 0 Å². The van der Waals surface area contributed by atoms with Crippen molar-refractivity contribution in [1.29, 1.82) is 0 Å². The molecule has 3 rings (SSSR count). The highest BCUT2D eigenvalue weighted by Crippen LogP contribution is 2.47. The summed E-state index contributed by atoms with van der Waals surface area (Å²) in [6.07, 6.45) is 5.42. The summed E-state index contributed by atoms with van der Waals surface area (Å²) in [6, 6.07) is 1.80. The topological polar surface area (TPSA) is 49.3 Å². The molecule has 2 N–H and O–H groups in total. The number of aliphatic hydroxyl groups excluding tert-OH is 1. The van der Waals surface area contributed by atoms with Crippen molar-refractivity contribution in [2.24, 2.45) is 17.8 Å². The molecule has 2 saturated carbocycles. The third-order valence-corrected chi connectivity index (χ3v) is 5.41. The molecule has 0 radical (unpaired) electrons. The number of hydrogen-bond acceptors (Lipinski definition) is 3. The van der Waals surface area contributed by atoms with Crippen LogP contribution in [-0.4, -0.2) is 24.2 Å². The number of carbonyl (C=O) groups is 1. The quantitative estimate of drug-likeness (QED) is 0.839. The molecule has 3 atom stereocenters. The minimum atomic E-state index is -0.149. The Morgan fingerprint density at radius 1 is 1.45 bits per heavy atom. The molecule has 4 heteroatoms. The van der Waals surface area contributed by atoms with Gasteiger partial charge in [-0.3, -0.25) is 4.79 Å². The first kappa shape index (κ1) is 13.7. The zero-order chi connectivity index (χ0) is 13.9. The molecule has 3 nitrogen and oxygen atoms in total. The molecule has 1 heterocycles. The van der Waals surface area contributed by atoms with Crippen LogP contribution in [0.1, 0.15) is 40.9 Å². The highest BCUT2D eigenvalue weighted by Gasteiger charge is 2.39. The lowest BCUT2D eigenvalue weighted by Gasteiger charge is -2.21. The van der Waals surface area contributed by atoms with Gasteiger partial charge >= 0.3 is 0 Å². The van der Waals surface area contributed by atoms with Gasteiger partial charge in [-0.2, -0.15) is 0 Å². The van der Waals surface area contributed by atoms with Crippen LogP contribution in [-0.2, 0) is 0 Å². The normalized spacial score (nSPS) is 27.1. The van der Waals surface area contributed by atoms with Gasteiger partial charge in [0.05, 0.1) is 10.4 Å².